The average Bonchev–Trinajstić information content (AvgIpc) is 3.91. The second-order valence-corrected chi connectivity index (χ2v) is 21.7. The van der Waals surface area contributed by atoms with Crippen molar-refractivity contribution in [3.05, 3.63) is 148 Å². The van der Waals surface area contributed by atoms with Crippen molar-refractivity contribution < 1.29 is 52.6 Å². The van der Waals surface area contributed by atoms with Crippen LogP contribution in [0.3, 0.4) is 0 Å². The number of carbonyl (C=O) groups excluding carboxylic acids is 9. The monoisotopic (exact) mass is 1240 g/mol. The molecule has 0 unspecified atom stereocenters. The average molecular weight is 1240 g/mol. The Morgan fingerprint density at radius 2 is 1.10 bits per heavy atom. The molecule has 0 saturated heterocycles. The molecule has 6 rings (SSSR count). The fourth-order valence-electron chi connectivity index (χ4n) is 9.34. The number of aromatic amines is 1. The molecule has 0 bridgehead atoms. The molecule has 5 aromatic carbocycles. The number of amides is 10. The third-order valence-corrected chi connectivity index (χ3v) is 15.0. The first-order valence-electron chi connectivity index (χ1n) is 27.5. The van der Waals surface area contributed by atoms with Gasteiger partial charge in [0.25, 0.3) is 0 Å². The molecule has 86 heavy (non-hydrogen) atoms. The molecule has 23 nitrogen and oxygen atoms in total. The molecule has 27 heteroatoms. The normalized spacial score (nSPS) is 14.4. The summed E-state index contributed by atoms with van der Waals surface area (Å²) in [6, 6.07) is 17.6. The lowest BCUT2D eigenvalue weighted by Gasteiger charge is -2.28. The molecule has 0 aliphatic carbocycles. The smallest absolute Gasteiger partial charge is 0.316 e. The first-order valence-corrected chi connectivity index (χ1v) is 29.1. The molecule has 0 spiro atoms. The van der Waals surface area contributed by atoms with Crippen molar-refractivity contribution in [2.45, 2.75) is 106 Å². The van der Waals surface area contributed by atoms with E-state index in [1.807, 2.05) is 36.4 Å². The van der Waals surface area contributed by atoms with Gasteiger partial charge in [-0.1, -0.05) is 84.4 Å². The summed E-state index contributed by atoms with van der Waals surface area (Å²) in [7, 11) is 0. The molecule has 9 atom stereocenters. The zero-order valence-corrected chi connectivity index (χ0v) is 49.4. The zero-order valence-electron chi connectivity index (χ0n) is 46.8. The van der Waals surface area contributed by atoms with E-state index in [1.165, 1.54) is 49.5 Å². The summed E-state index contributed by atoms with van der Waals surface area (Å²) >= 11 is 14.6. The number of H-pyrrole nitrogens is 1. The van der Waals surface area contributed by atoms with Gasteiger partial charge in [-0.3, -0.25) is 38.4 Å². The Bertz CT molecular complexity index is 3380. The lowest BCUT2D eigenvalue weighted by Crippen LogP contribution is -2.62. The number of urea groups is 1. The van der Waals surface area contributed by atoms with Crippen LogP contribution in [0.4, 0.5) is 14.9 Å². The summed E-state index contributed by atoms with van der Waals surface area (Å²) in [6.07, 6.45) is -0.236. The number of unbranched alkanes of at least 4 members (excludes halogenated alkanes) is 1. The van der Waals surface area contributed by atoms with Gasteiger partial charge in [-0.05, 0) is 109 Å². The number of nitrogens with one attached hydrogen (secondary N) is 9. The van der Waals surface area contributed by atoms with Gasteiger partial charge in [0.1, 0.15) is 48.1 Å². The van der Waals surface area contributed by atoms with Crippen LogP contribution in [-0.2, 0) is 64.0 Å². The molecular weight excluding hydrogens is 1170 g/mol. The summed E-state index contributed by atoms with van der Waals surface area (Å²) in [5.41, 5.74) is 25.7. The van der Waals surface area contributed by atoms with Crippen molar-refractivity contribution in [3.63, 3.8) is 0 Å². The number of carbonyl (C=O) groups is 9. The van der Waals surface area contributed by atoms with Crippen LogP contribution in [0.2, 0.25) is 5.02 Å². The Morgan fingerprint density at radius 1 is 0.581 bits per heavy atom. The highest BCUT2D eigenvalue weighted by Crippen LogP contribution is 2.24. The van der Waals surface area contributed by atoms with Crippen LogP contribution in [-0.4, -0.2) is 136 Å². The van der Waals surface area contributed by atoms with Crippen molar-refractivity contribution in [1.82, 2.24) is 42.2 Å². The molecule has 458 valence electrons. The van der Waals surface area contributed by atoms with E-state index in [-0.39, 0.29) is 61.1 Å². The van der Waals surface area contributed by atoms with Crippen LogP contribution in [0.1, 0.15) is 48.4 Å². The summed E-state index contributed by atoms with van der Waals surface area (Å²) in [4.78, 5) is 126. The fourth-order valence-corrected chi connectivity index (χ4v) is 9.98. The van der Waals surface area contributed by atoms with Gasteiger partial charge in [0, 0.05) is 58.6 Å². The Labute approximate surface area is 511 Å². The van der Waals surface area contributed by atoms with E-state index in [0.717, 1.165) is 10.8 Å². The summed E-state index contributed by atoms with van der Waals surface area (Å²) < 4.78 is 15.6. The topological polar surface area (TPSA) is 390 Å². The molecule has 10 amide bonds. The van der Waals surface area contributed by atoms with E-state index in [9.17, 15) is 48.3 Å². The lowest BCUT2D eigenvalue weighted by molar-refractivity contribution is -0.136. The van der Waals surface area contributed by atoms with Crippen LogP contribution in [0.25, 0.3) is 21.7 Å². The van der Waals surface area contributed by atoms with E-state index in [2.05, 4.69) is 72.8 Å². The van der Waals surface area contributed by atoms with Gasteiger partial charge in [-0.2, -0.15) is 25.3 Å². The molecule has 1 aromatic heterocycles. The van der Waals surface area contributed by atoms with Gasteiger partial charge in [0.05, 0.1) is 12.1 Å². The molecule has 0 aliphatic rings. The van der Waals surface area contributed by atoms with Crippen molar-refractivity contribution in [2.24, 2.45) is 22.9 Å². The number of fused-ring (bicyclic) bond motifs is 2. The second kappa shape index (κ2) is 32.3. The van der Waals surface area contributed by atoms with Gasteiger partial charge in [0.2, 0.25) is 47.3 Å². The predicted molar refractivity (Wildman–Crippen MR) is 331 cm³/mol. The summed E-state index contributed by atoms with van der Waals surface area (Å²) in [6.45, 7) is 1.38. The number of aliphatic hydroxyl groups is 1. The fraction of sp³-hybridized carbons (Fsp3) is 0.339. The van der Waals surface area contributed by atoms with Crippen LogP contribution < -0.4 is 65.5 Å². The van der Waals surface area contributed by atoms with Gasteiger partial charge in [-0.15, -0.1) is 0 Å². The van der Waals surface area contributed by atoms with E-state index in [0.29, 0.717) is 39.3 Å². The van der Waals surface area contributed by atoms with Crippen LogP contribution in [0.5, 0.6) is 0 Å². The number of anilines is 1. The second-order valence-electron chi connectivity index (χ2n) is 20.5. The number of primary amides is 2. The summed E-state index contributed by atoms with van der Waals surface area (Å²) in [5, 5.41) is 33.8. The predicted octanol–water partition coefficient (Wildman–Crippen LogP) is 1.45. The maximum absolute atomic E-state index is 15.6. The Morgan fingerprint density at radius 3 is 1.71 bits per heavy atom. The maximum atomic E-state index is 15.6. The number of aromatic nitrogens is 1. The highest BCUT2D eigenvalue weighted by atomic mass is 35.5. The highest BCUT2D eigenvalue weighted by Gasteiger charge is 2.36. The first-order chi connectivity index (χ1) is 41.1. The number of halogens is 2. The molecule has 0 radical (unpaired) electrons. The minimum Gasteiger partial charge on any atom is -0.391 e. The van der Waals surface area contributed by atoms with Crippen molar-refractivity contribution in [2.75, 3.05) is 23.4 Å². The maximum Gasteiger partial charge on any atom is 0.316 e. The van der Waals surface area contributed by atoms with E-state index < -0.39 is 120 Å². The number of hydrogen-bond donors (Lipinski definition) is 16. The van der Waals surface area contributed by atoms with Crippen LogP contribution in [0.15, 0.2) is 115 Å². The standard InChI is InChI=1S/C59H71ClFN13O10S2/c1-31(75)50(58(83)73-48(30-86)56(81)69-44(51(64)76)26-34-12-17-35-7-2-3-8-36(35)23-34)74-53(78)43(10-4-5-22-62)68-55(80)46(27-37-28-66-42-11-6-9-40(61)49(37)42)71-54(79)45(25-33-15-20-39(21-16-33)67-59(65)84)70-57(82)47(29-85)72-52(77)41(63)24-32-13-18-38(60)19-14-32/h2-3,6-9,11-21,23,28,31,41,43-48,50,66,75,85-86H,4-5,10,22,24-27,29-30,62-63H2,1H3,(H2,64,76)(H,68,80)(H,69,81)(H,70,82)(H,71,79)(H,72,77)(H,73,83)(H,74,78)(H3,65,67,84)/t31-,41+,43+,44+,45+,46-,47-,48+,50+/m1/s1. The van der Waals surface area contributed by atoms with Crippen LogP contribution in [0, 0.1) is 5.82 Å². The third-order valence-electron chi connectivity index (χ3n) is 14.0. The Balaban J connectivity index is 1.24. The number of rotatable bonds is 31. The molecule has 0 fully saturated rings. The minimum atomic E-state index is -1.75. The SMILES string of the molecule is C[C@@H](O)[C@H](NC(=O)[C@H](CCCCN)NC(=O)[C@@H](Cc1c[nH]c2cccc(F)c12)NC(=O)[C@H](Cc1ccc(NC(N)=O)cc1)NC(=O)[C@@H](CS)NC(=O)[C@@H](N)Cc1ccc(Cl)cc1)C(=O)N[C@@H](CS)C(=O)N[C@@H](Cc1ccc2ccccc2c1)C(N)=O. The molecule has 18 N–H and O–H groups in total. The van der Waals surface area contributed by atoms with Crippen LogP contribution >= 0.6 is 36.9 Å². The summed E-state index contributed by atoms with van der Waals surface area (Å²) in [5.74, 6) is -8.49. The van der Waals surface area contributed by atoms with Gasteiger partial charge in [-0.25, -0.2) is 9.18 Å². The number of thiol groups is 2. The number of hydrogen-bond acceptors (Lipinski definition) is 14. The number of benzene rings is 5. The zero-order chi connectivity index (χ0) is 62.6. The Hall–Kier alpha value is -8.27. The van der Waals surface area contributed by atoms with Crippen molar-refractivity contribution in [3.8, 4) is 0 Å². The molecular formula is C59H71ClFN13O10S2. The van der Waals surface area contributed by atoms with Gasteiger partial charge < -0.3 is 75.6 Å². The van der Waals surface area contributed by atoms with Crippen molar-refractivity contribution in [1.29, 1.82) is 0 Å². The molecule has 0 saturated carbocycles. The largest absolute Gasteiger partial charge is 0.391 e. The van der Waals surface area contributed by atoms with Gasteiger partial charge in [0.15, 0.2) is 0 Å². The van der Waals surface area contributed by atoms with E-state index in [4.69, 9.17) is 34.5 Å². The molecule has 0 aliphatic heterocycles. The minimum absolute atomic E-state index is 0.0115. The first kappa shape index (κ1) is 66.9. The van der Waals surface area contributed by atoms with Crippen molar-refractivity contribution >= 4 is 118 Å². The number of aliphatic hydroxyl groups excluding tert-OH is 1. The number of nitrogens with two attached hydrogens (primary N) is 4. The lowest BCUT2D eigenvalue weighted by atomic mass is 10.0. The van der Waals surface area contributed by atoms with E-state index in [1.54, 1.807) is 36.4 Å². The molecule has 6 aromatic rings. The van der Waals surface area contributed by atoms with E-state index >= 15 is 4.39 Å². The van der Waals surface area contributed by atoms with Gasteiger partial charge >= 0.3 is 6.03 Å². The molecule has 1 heterocycles. The quantitative estimate of drug-likeness (QED) is 0.0217. The highest BCUT2D eigenvalue weighted by molar-refractivity contribution is 7.80. The third kappa shape index (κ3) is 19.4. The Kier molecular flexibility index (Phi) is 25.1.